The van der Waals surface area contributed by atoms with Gasteiger partial charge in [-0.05, 0) is 80.1 Å². The van der Waals surface area contributed by atoms with Gasteiger partial charge in [0.25, 0.3) is 5.91 Å². The summed E-state index contributed by atoms with van der Waals surface area (Å²) in [7, 11) is 0. The van der Waals surface area contributed by atoms with E-state index < -0.39 is 6.04 Å². The van der Waals surface area contributed by atoms with Crippen LogP contribution in [-0.4, -0.2) is 40.7 Å². The minimum atomic E-state index is -0.587. The maximum Gasteiger partial charge on any atom is 0.255 e. The number of imide groups is 1. The first-order valence-electron chi connectivity index (χ1n) is 13.5. The van der Waals surface area contributed by atoms with Crippen LogP contribution in [0.5, 0.6) is 0 Å². The van der Waals surface area contributed by atoms with Crippen molar-refractivity contribution in [1.82, 2.24) is 10.2 Å². The Balaban J connectivity index is 1.11. The van der Waals surface area contributed by atoms with Crippen molar-refractivity contribution in [3.8, 4) is 0 Å². The van der Waals surface area contributed by atoms with Crippen molar-refractivity contribution in [2.24, 2.45) is 0 Å². The normalized spacial score (nSPS) is 23.1. The molecule has 6 rings (SSSR count). The molecule has 1 saturated heterocycles. The fraction of sp³-hybridized carbons (Fsp3) is 0.323. The summed E-state index contributed by atoms with van der Waals surface area (Å²) < 4.78 is 0. The highest BCUT2D eigenvalue weighted by Gasteiger charge is 2.39. The van der Waals surface area contributed by atoms with Gasteiger partial charge >= 0.3 is 0 Å². The van der Waals surface area contributed by atoms with E-state index in [2.05, 4.69) is 76.2 Å². The number of anilines is 3. The number of amides is 3. The van der Waals surface area contributed by atoms with E-state index in [4.69, 9.17) is 0 Å². The molecule has 0 spiro atoms. The van der Waals surface area contributed by atoms with Crippen LogP contribution in [0.25, 0.3) is 0 Å². The van der Waals surface area contributed by atoms with Crippen molar-refractivity contribution in [2.75, 3.05) is 10.2 Å². The Morgan fingerprint density at radius 2 is 1.45 bits per heavy atom. The zero-order chi connectivity index (χ0) is 26.1. The van der Waals surface area contributed by atoms with Crippen LogP contribution in [0.3, 0.4) is 0 Å². The molecule has 194 valence electrons. The van der Waals surface area contributed by atoms with Crippen LogP contribution >= 0.6 is 0 Å². The number of carbonyl (C=O) groups excluding carboxylic acids is 3. The standard InChI is InChI=1S/C31H32N4O3/c36-29-18-17-28(30(37)33-29)34-20-21-19-23(13-16-27(21)31(34)38)32-22-11-14-26(15-12-22)35(24-7-3-1-4-8-24)25-9-5-2-6-10-25/h1-10,13,16,19,22,26,28,32H,11-12,14-15,17-18,20H2,(H,33,36,37). The Morgan fingerprint density at radius 1 is 0.789 bits per heavy atom. The number of fused-ring (bicyclic) bond motifs is 1. The van der Waals surface area contributed by atoms with E-state index >= 15 is 0 Å². The number of nitrogens with one attached hydrogen (secondary N) is 2. The highest BCUT2D eigenvalue weighted by molar-refractivity contribution is 6.05. The Morgan fingerprint density at radius 3 is 2.08 bits per heavy atom. The van der Waals surface area contributed by atoms with Crippen molar-refractivity contribution >= 4 is 34.8 Å². The van der Waals surface area contributed by atoms with E-state index in [-0.39, 0.29) is 24.1 Å². The maximum atomic E-state index is 13.0. The van der Waals surface area contributed by atoms with Crippen LogP contribution in [0.4, 0.5) is 17.1 Å². The number of hydrogen-bond donors (Lipinski definition) is 2. The minimum Gasteiger partial charge on any atom is -0.382 e. The van der Waals surface area contributed by atoms with Gasteiger partial charge in [0.15, 0.2) is 0 Å². The third-order valence-corrected chi connectivity index (χ3v) is 8.02. The summed E-state index contributed by atoms with van der Waals surface area (Å²) in [6, 6.07) is 27.3. The van der Waals surface area contributed by atoms with Crippen LogP contribution in [0.2, 0.25) is 0 Å². The maximum absolute atomic E-state index is 13.0. The second kappa shape index (κ2) is 10.3. The molecule has 2 heterocycles. The molecule has 3 aliphatic rings. The lowest BCUT2D eigenvalue weighted by molar-refractivity contribution is -0.136. The second-order valence-electron chi connectivity index (χ2n) is 10.5. The fourth-order valence-corrected chi connectivity index (χ4v) is 6.13. The van der Waals surface area contributed by atoms with Crippen LogP contribution < -0.4 is 15.5 Å². The topological polar surface area (TPSA) is 81.8 Å². The smallest absolute Gasteiger partial charge is 0.255 e. The number of rotatable bonds is 6. The van der Waals surface area contributed by atoms with Gasteiger partial charge in [-0.1, -0.05) is 36.4 Å². The summed E-state index contributed by atoms with van der Waals surface area (Å²) in [5.74, 6) is -0.784. The molecule has 1 atom stereocenters. The lowest BCUT2D eigenvalue weighted by Crippen LogP contribution is -2.52. The molecule has 3 aromatic rings. The molecule has 3 aromatic carbocycles. The monoisotopic (exact) mass is 508 g/mol. The van der Waals surface area contributed by atoms with Gasteiger partial charge in [0.05, 0.1) is 0 Å². The first-order valence-corrected chi connectivity index (χ1v) is 13.5. The highest BCUT2D eigenvalue weighted by atomic mass is 16.2. The van der Waals surface area contributed by atoms with Gasteiger partial charge in [0, 0.05) is 47.7 Å². The molecule has 1 unspecified atom stereocenters. The summed E-state index contributed by atoms with van der Waals surface area (Å²) in [6.07, 6.45) is 4.90. The molecule has 2 aliphatic heterocycles. The number of hydrogen-bond acceptors (Lipinski definition) is 5. The van der Waals surface area contributed by atoms with Crippen LogP contribution in [-0.2, 0) is 16.1 Å². The summed E-state index contributed by atoms with van der Waals surface area (Å²) in [5.41, 5.74) is 5.02. The molecular weight excluding hydrogens is 476 g/mol. The van der Waals surface area contributed by atoms with Crippen molar-refractivity contribution in [2.45, 2.75) is 63.2 Å². The van der Waals surface area contributed by atoms with E-state index in [1.54, 1.807) is 4.90 Å². The predicted octanol–water partition coefficient (Wildman–Crippen LogP) is 5.01. The molecule has 7 heteroatoms. The molecule has 2 fully saturated rings. The van der Waals surface area contributed by atoms with Crippen LogP contribution in [0.1, 0.15) is 54.4 Å². The third-order valence-electron chi connectivity index (χ3n) is 8.02. The molecule has 0 radical (unpaired) electrons. The van der Waals surface area contributed by atoms with E-state index in [9.17, 15) is 14.4 Å². The Kier molecular flexibility index (Phi) is 6.58. The third kappa shape index (κ3) is 4.76. The van der Waals surface area contributed by atoms with Gasteiger partial charge in [-0.25, -0.2) is 0 Å². The molecule has 1 saturated carbocycles. The Bertz CT molecular complexity index is 1300. The first kappa shape index (κ1) is 24.2. The summed E-state index contributed by atoms with van der Waals surface area (Å²) in [5, 5.41) is 6.06. The van der Waals surface area contributed by atoms with E-state index in [0.29, 0.717) is 30.6 Å². The lowest BCUT2D eigenvalue weighted by atomic mass is 9.89. The van der Waals surface area contributed by atoms with Crippen LogP contribution in [0.15, 0.2) is 78.9 Å². The van der Waals surface area contributed by atoms with E-state index in [0.717, 1.165) is 36.9 Å². The Hall–Kier alpha value is -4.13. The number of para-hydroxylation sites is 2. The summed E-state index contributed by atoms with van der Waals surface area (Å²) in [4.78, 5) is 40.9. The average Bonchev–Trinajstić information content (AvgIpc) is 3.26. The molecule has 0 bridgehead atoms. The summed E-state index contributed by atoms with van der Waals surface area (Å²) in [6.45, 7) is 0.395. The van der Waals surface area contributed by atoms with Crippen molar-refractivity contribution < 1.29 is 14.4 Å². The highest BCUT2D eigenvalue weighted by Crippen LogP contribution is 2.35. The molecule has 38 heavy (non-hydrogen) atoms. The Labute approximate surface area is 222 Å². The fourth-order valence-electron chi connectivity index (χ4n) is 6.13. The van der Waals surface area contributed by atoms with E-state index in [1.807, 2.05) is 18.2 Å². The minimum absolute atomic E-state index is 0.136. The summed E-state index contributed by atoms with van der Waals surface area (Å²) >= 11 is 0. The number of benzene rings is 3. The lowest BCUT2D eigenvalue weighted by Gasteiger charge is -2.39. The molecule has 1 aliphatic carbocycles. The molecule has 3 amide bonds. The van der Waals surface area contributed by atoms with Gasteiger partial charge in [0.1, 0.15) is 6.04 Å². The van der Waals surface area contributed by atoms with Gasteiger partial charge in [-0.2, -0.15) is 0 Å². The average molecular weight is 509 g/mol. The van der Waals surface area contributed by atoms with Crippen molar-refractivity contribution in [3.63, 3.8) is 0 Å². The zero-order valence-electron chi connectivity index (χ0n) is 21.3. The van der Waals surface area contributed by atoms with Crippen molar-refractivity contribution in [3.05, 3.63) is 90.0 Å². The molecule has 2 N–H and O–H groups in total. The zero-order valence-corrected chi connectivity index (χ0v) is 21.3. The van der Waals surface area contributed by atoms with E-state index in [1.165, 1.54) is 11.4 Å². The molecule has 7 nitrogen and oxygen atoms in total. The van der Waals surface area contributed by atoms with Gasteiger partial charge in [0.2, 0.25) is 11.8 Å². The number of nitrogens with zero attached hydrogens (tertiary/aromatic N) is 2. The quantitative estimate of drug-likeness (QED) is 0.458. The molecular formula is C31H32N4O3. The van der Waals surface area contributed by atoms with Gasteiger partial charge in [-0.3, -0.25) is 19.7 Å². The predicted molar refractivity (Wildman–Crippen MR) is 147 cm³/mol. The first-order chi connectivity index (χ1) is 18.6. The van der Waals surface area contributed by atoms with Crippen molar-refractivity contribution in [1.29, 1.82) is 0 Å². The second-order valence-corrected chi connectivity index (χ2v) is 10.5. The number of carbonyl (C=O) groups is 3. The SMILES string of the molecule is O=C1CCC(N2Cc3cc(NC4CCC(N(c5ccccc5)c5ccccc5)CC4)ccc3C2=O)C(=O)N1. The van der Waals surface area contributed by atoms with Gasteiger partial charge < -0.3 is 15.1 Å². The number of piperidine rings is 1. The van der Waals surface area contributed by atoms with Crippen LogP contribution in [0, 0.1) is 0 Å². The molecule has 0 aromatic heterocycles. The van der Waals surface area contributed by atoms with Gasteiger partial charge in [-0.15, -0.1) is 0 Å². The largest absolute Gasteiger partial charge is 0.382 e.